The number of nitrogens with one attached hydrogen (secondary N) is 8. The number of ketones is 2. The van der Waals surface area contributed by atoms with E-state index in [1.807, 2.05) is 24.3 Å². The minimum Gasteiger partial charge on any atom is -0.394 e. The first-order valence-corrected chi connectivity index (χ1v) is 20.6. The molecule has 334 valence electrons. The van der Waals surface area contributed by atoms with Gasteiger partial charge < -0.3 is 57.4 Å². The molecule has 0 spiro atoms. The number of aliphatic hydroxyl groups is 3. The summed E-state index contributed by atoms with van der Waals surface area (Å²) in [5, 5.41) is 44.2. The number of unbranched alkanes of at least 4 members (excludes halogenated alkanes) is 1. The van der Waals surface area contributed by atoms with Gasteiger partial charge in [0.15, 0.2) is 0 Å². The highest BCUT2D eigenvalue weighted by atomic mass is 32.1. The third kappa shape index (κ3) is 15.1. The van der Waals surface area contributed by atoms with Gasteiger partial charge in [0.25, 0.3) is 0 Å². The quantitative estimate of drug-likeness (QED) is 0.0118. The molecule has 19 nitrogen and oxygen atoms in total. The molecule has 4 amide bonds. The molecule has 3 aromatic rings. The highest BCUT2D eigenvalue weighted by molar-refractivity contribution is 7.80. The maximum Gasteiger partial charge on any atom is 0.245 e. The number of nitrogens with two attached hydrogens (primary N) is 1. The summed E-state index contributed by atoms with van der Waals surface area (Å²) in [5.41, 5.74) is 13.7. The summed E-state index contributed by atoms with van der Waals surface area (Å²) >= 11 is 4.14. The number of hydrogen-bond donors (Lipinski definition) is 13. The van der Waals surface area contributed by atoms with Crippen LogP contribution in [0, 0.1) is 0 Å². The van der Waals surface area contributed by atoms with Crippen molar-refractivity contribution in [3.63, 3.8) is 0 Å². The number of aromatic amines is 1. The number of amides is 4. The maximum atomic E-state index is 14.0. The number of carbonyl (C=O) groups excluding carboxylic acids is 7. The van der Waals surface area contributed by atoms with Crippen LogP contribution in [-0.4, -0.2) is 142 Å². The van der Waals surface area contributed by atoms with Crippen LogP contribution in [0.3, 0.4) is 0 Å². The number of thiol groups is 1. The van der Waals surface area contributed by atoms with Gasteiger partial charge in [-0.3, -0.25) is 28.8 Å². The monoisotopic (exact) mass is 869 g/mol. The zero-order valence-electron chi connectivity index (χ0n) is 34.4. The van der Waals surface area contributed by atoms with Crippen molar-refractivity contribution in [3.8, 4) is 0 Å². The first-order chi connectivity index (χ1) is 29.2. The Balaban J connectivity index is 1.87. The van der Waals surface area contributed by atoms with Crippen LogP contribution in [-0.2, 0) is 46.4 Å². The van der Waals surface area contributed by atoms with Crippen molar-refractivity contribution >= 4 is 65.0 Å². The fourth-order valence-corrected chi connectivity index (χ4v) is 6.54. The van der Waals surface area contributed by atoms with Gasteiger partial charge >= 0.3 is 0 Å². The first kappa shape index (κ1) is 50.3. The van der Waals surface area contributed by atoms with E-state index >= 15 is 0 Å². The lowest BCUT2D eigenvalue weighted by atomic mass is 9.98. The average molecular weight is 870 g/mol. The summed E-state index contributed by atoms with van der Waals surface area (Å²) in [5.74, 6) is -5.51. The number of rotatable bonds is 28. The minimum atomic E-state index is -1.75. The lowest BCUT2D eigenvalue weighted by molar-refractivity contribution is -0.142. The van der Waals surface area contributed by atoms with Gasteiger partial charge in [0, 0.05) is 35.7 Å². The molecule has 3 unspecified atom stereocenters. The lowest BCUT2D eigenvalue weighted by Gasteiger charge is -2.29. The standard InChI is InChI=1S/C41H59N9O10S/c1-23(53)34(37(56)36(55)33(21-52)43-3)47-39(58)31(17-25-11-5-4-6-12-25)46-41(60)35(24(2)54)48-38(57)30(15-9-10-16-42)49-50-32(40(59)45-27(20-51)22-61)18-26-19-44-29-14-8-7-13-28(26)29/h4-8,11-14,19-20,23-24,27,30-35,43-44,49-50,52-54,61H,9-10,15-18,21-22,42H2,1-3H3,(H,45,59)(H,46,60)(H,47,58)(H,48,57)/t23-,24-,27-,30?,31?,32?,33+,34+,35+/m1/s1. The third-order valence-corrected chi connectivity index (χ3v) is 10.3. The summed E-state index contributed by atoms with van der Waals surface area (Å²) in [6.45, 7) is 2.03. The second kappa shape index (κ2) is 25.7. The van der Waals surface area contributed by atoms with E-state index in [2.05, 4.69) is 55.0 Å². The second-order valence-electron chi connectivity index (χ2n) is 14.6. The van der Waals surface area contributed by atoms with Crippen LogP contribution in [0.5, 0.6) is 0 Å². The Hall–Kier alpha value is -5.06. The fourth-order valence-electron chi connectivity index (χ4n) is 6.37. The number of hydrogen-bond acceptors (Lipinski definition) is 15. The molecule has 0 aliphatic carbocycles. The Morgan fingerprint density at radius 1 is 0.738 bits per heavy atom. The maximum absolute atomic E-state index is 14.0. The van der Waals surface area contributed by atoms with Gasteiger partial charge in [-0.15, -0.1) is 0 Å². The molecule has 1 heterocycles. The van der Waals surface area contributed by atoms with E-state index in [-0.39, 0.29) is 25.0 Å². The number of benzene rings is 2. The number of likely N-dealkylation sites (N-methyl/N-ethyl adjacent to an activating group) is 1. The largest absolute Gasteiger partial charge is 0.394 e. The number of para-hydroxylation sites is 1. The predicted molar refractivity (Wildman–Crippen MR) is 230 cm³/mol. The number of fused-ring (bicyclic) bond motifs is 1. The van der Waals surface area contributed by atoms with E-state index in [1.54, 1.807) is 36.5 Å². The zero-order valence-corrected chi connectivity index (χ0v) is 35.3. The van der Waals surface area contributed by atoms with E-state index < -0.39 is 96.3 Å². The number of aromatic nitrogens is 1. The number of H-pyrrole nitrogens is 1. The van der Waals surface area contributed by atoms with Crippen LogP contribution < -0.4 is 43.2 Å². The Morgan fingerprint density at radius 3 is 1.95 bits per heavy atom. The van der Waals surface area contributed by atoms with Crippen LogP contribution in [0.15, 0.2) is 60.8 Å². The predicted octanol–water partition coefficient (Wildman–Crippen LogP) is -2.54. The van der Waals surface area contributed by atoms with Gasteiger partial charge in [-0.25, -0.2) is 10.9 Å². The molecule has 0 aliphatic rings. The van der Waals surface area contributed by atoms with Gasteiger partial charge in [0.1, 0.15) is 30.5 Å². The summed E-state index contributed by atoms with van der Waals surface area (Å²) in [4.78, 5) is 95.8. The van der Waals surface area contributed by atoms with Crippen LogP contribution in [0.4, 0.5) is 0 Å². The van der Waals surface area contributed by atoms with E-state index in [0.717, 1.165) is 16.5 Å². The number of Topliss-reactive ketones (excluding diaryl/α,β-unsaturated/α-hetero) is 2. The van der Waals surface area contributed by atoms with E-state index in [1.165, 1.54) is 20.9 Å². The molecular formula is C41H59N9O10S. The average Bonchev–Trinajstić information content (AvgIpc) is 3.66. The second-order valence-corrected chi connectivity index (χ2v) is 15.0. The van der Waals surface area contributed by atoms with Crippen LogP contribution in [0.1, 0.15) is 44.2 Å². The van der Waals surface area contributed by atoms with Crippen molar-refractivity contribution < 1.29 is 48.9 Å². The first-order valence-electron chi connectivity index (χ1n) is 20.0. The van der Waals surface area contributed by atoms with Gasteiger partial charge in [-0.05, 0) is 57.5 Å². The Labute approximate surface area is 359 Å². The number of carbonyl (C=O) groups is 7. The van der Waals surface area contributed by atoms with Crippen LogP contribution in [0.2, 0.25) is 0 Å². The van der Waals surface area contributed by atoms with Crippen molar-refractivity contribution in [2.45, 2.75) is 100 Å². The highest BCUT2D eigenvalue weighted by Gasteiger charge is 2.37. The highest BCUT2D eigenvalue weighted by Crippen LogP contribution is 2.19. The SMILES string of the molecule is CN[C@@H](CO)C(=O)C(=O)[C@@H](NC(=O)C(Cc1ccccc1)NC(=O)[C@@H](NC(=O)C(CCCCN)NNC(Cc1c[nH]c2ccccc12)C(=O)N[C@H](C=O)CS)[C@@H](C)O)[C@@H](C)O. The summed E-state index contributed by atoms with van der Waals surface area (Å²) in [6, 6.07) is 6.79. The Bertz CT molecular complexity index is 1910. The smallest absolute Gasteiger partial charge is 0.245 e. The molecule has 9 atom stereocenters. The topological polar surface area (TPSA) is 306 Å². The minimum absolute atomic E-state index is 0.0455. The molecule has 0 saturated heterocycles. The molecule has 2 aromatic carbocycles. The Kier molecular flexibility index (Phi) is 21.2. The molecular weight excluding hydrogens is 811 g/mol. The molecule has 3 rings (SSSR count). The van der Waals surface area contributed by atoms with Crippen molar-refractivity contribution in [2.75, 3.05) is 26.0 Å². The van der Waals surface area contributed by atoms with Gasteiger partial charge in [-0.1, -0.05) is 55.0 Å². The molecule has 0 saturated carbocycles. The number of aliphatic hydroxyl groups excluding tert-OH is 3. The van der Waals surface area contributed by atoms with Crippen molar-refractivity contribution in [3.05, 3.63) is 71.9 Å². The van der Waals surface area contributed by atoms with Gasteiger partial charge in [-0.2, -0.15) is 12.6 Å². The van der Waals surface area contributed by atoms with Crippen molar-refractivity contribution in [1.82, 2.24) is 42.4 Å². The van der Waals surface area contributed by atoms with E-state index in [4.69, 9.17) is 5.73 Å². The van der Waals surface area contributed by atoms with E-state index in [0.29, 0.717) is 31.2 Å². The van der Waals surface area contributed by atoms with E-state index in [9.17, 15) is 48.9 Å². The number of hydrazine groups is 1. The lowest BCUT2D eigenvalue weighted by Crippen LogP contribution is -2.63. The normalized spacial score (nSPS) is 15.8. The zero-order chi connectivity index (χ0) is 45.1. The van der Waals surface area contributed by atoms with Crippen LogP contribution >= 0.6 is 12.6 Å². The third-order valence-electron chi connectivity index (χ3n) is 9.93. The molecule has 61 heavy (non-hydrogen) atoms. The van der Waals surface area contributed by atoms with Crippen molar-refractivity contribution in [2.24, 2.45) is 5.73 Å². The van der Waals surface area contributed by atoms with Gasteiger partial charge in [0.05, 0.1) is 36.9 Å². The number of aldehydes is 1. The molecule has 0 bridgehead atoms. The molecule has 0 fully saturated rings. The molecule has 0 radical (unpaired) electrons. The summed E-state index contributed by atoms with van der Waals surface area (Å²) in [6.07, 6.45) is 0.355. The van der Waals surface area contributed by atoms with Crippen LogP contribution in [0.25, 0.3) is 10.9 Å². The molecule has 20 heteroatoms. The van der Waals surface area contributed by atoms with Gasteiger partial charge in [0.2, 0.25) is 35.2 Å². The molecule has 1 aromatic heterocycles. The summed E-state index contributed by atoms with van der Waals surface area (Å²) < 4.78 is 0. The molecule has 13 N–H and O–H groups in total. The molecule has 0 aliphatic heterocycles. The summed E-state index contributed by atoms with van der Waals surface area (Å²) in [7, 11) is 1.35. The van der Waals surface area contributed by atoms with Crippen molar-refractivity contribution in [1.29, 1.82) is 0 Å². The Morgan fingerprint density at radius 2 is 1.34 bits per heavy atom. The fraction of sp³-hybridized carbons (Fsp3) is 0.488.